The molecule has 1 N–H and O–H groups in total. The first-order chi connectivity index (χ1) is 8.70. The highest BCUT2D eigenvalue weighted by Crippen LogP contribution is 2.22. The fraction of sp³-hybridized carbons (Fsp3) is 0.231. The van der Waals surface area contributed by atoms with Crippen LogP contribution < -0.4 is 5.32 Å². The second kappa shape index (κ2) is 5.53. The van der Waals surface area contributed by atoms with Crippen molar-refractivity contribution in [1.29, 1.82) is 0 Å². The zero-order valence-corrected chi connectivity index (χ0v) is 9.95. The van der Waals surface area contributed by atoms with Crippen molar-refractivity contribution in [2.75, 3.05) is 11.9 Å². The monoisotopic (exact) mass is 249 g/mol. The van der Waals surface area contributed by atoms with Gasteiger partial charge in [-0.1, -0.05) is 6.92 Å². The molecule has 1 aromatic heterocycles. The Morgan fingerprint density at radius 1 is 1.17 bits per heavy atom. The van der Waals surface area contributed by atoms with Crippen LogP contribution in [0.5, 0.6) is 0 Å². The molecule has 0 aliphatic heterocycles. The Morgan fingerprint density at radius 2 is 2.00 bits per heavy atom. The lowest BCUT2D eigenvalue weighted by atomic mass is 10.1. The van der Waals surface area contributed by atoms with Crippen LogP contribution in [-0.4, -0.2) is 16.5 Å². The van der Waals surface area contributed by atoms with Crippen molar-refractivity contribution in [3.63, 3.8) is 0 Å². The minimum atomic E-state index is -0.503. The maximum absolute atomic E-state index is 13.6. The van der Waals surface area contributed by atoms with Gasteiger partial charge in [0.1, 0.15) is 23.8 Å². The van der Waals surface area contributed by atoms with E-state index in [1.54, 1.807) is 6.07 Å². The number of nitrogens with zero attached hydrogens (tertiary/aromatic N) is 2. The third-order valence-corrected chi connectivity index (χ3v) is 2.43. The molecule has 2 rings (SSSR count). The van der Waals surface area contributed by atoms with Crippen LogP contribution in [0.2, 0.25) is 0 Å². The highest BCUT2D eigenvalue weighted by molar-refractivity contribution is 5.62. The molecule has 1 aromatic carbocycles. The van der Waals surface area contributed by atoms with Crippen molar-refractivity contribution in [2.24, 2.45) is 0 Å². The molecule has 0 bridgehead atoms. The molecule has 18 heavy (non-hydrogen) atoms. The summed E-state index contributed by atoms with van der Waals surface area (Å²) in [7, 11) is 0. The van der Waals surface area contributed by atoms with Gasteiger partial charge in [0.2, 0.25) is 0 Å². The molecule has 5 heteroatoms. The SMILES string of the molecule is CCCNc1cc(-c2cc(F)ccc2F)ncn1. The molecular formula is C13H13F2N3. The van der Waals surface area contributed by atoms with Crippen LogP contribution in [0.15, 0.2) is 30.6 Å². The number of aromatic nitrogens is 2. The summed E-state index contributed by atoms with van der Waals surface area (Å²) in [6.45, 7) is 2.80. The van der Waals surface area contributed by atoms with Gasteiger partial charge < -0.3 is 5.32 Å². The lowest BCUT2D eigenvalue weighted by Gasteiger charge is -2.06. The fourth-order valence-corrected chi connectivity index (χ4v) is 1.55. The van der Waals surface area contributed by atoms with E-state index < -0.39 is 11.6 Å². The summed E-state index contributed by atoms with van der Waals surface area (Å²) in [6, 6.07) is 4.90. The standard InChI is InChI=1S/C13H13F2N3/c1-2-5-16-13-7-12(17-8-18-13)10-6-9(14)3-4-11(10)15/h3-4,6-8H,2,5H2,1H3,(H,16,17,18). The van der Waals surface area contributed by atoms with E-state index >= 15 is 0 Å². The molecule has 2 aromatic rings. The molecule has 0 saturated carbocycles. The maximum atomic E-state index is 13.6. The summed E-state index contributed by atoms with van der Waals surface area (Å²) in [5.41, 5.74) is 0.498. The maximum Gasteiger partial charge on any atom is 0.132 e. The average Bonchev–Trinajstić information content (AvgIpc) is 2.39. The predicted octanol–water partition coefficient (Wildman–Crippen LogP) is 3.24. The second-order valence-electron chi connectivity index (χ2n) is 3.84. The van der Waals surface area contributed by atoms with Crippen molar-refractivity contribution >= 4 is 5.82 Å². The van der Waals surface area contributed by atoms with Crippen LogP contribution in [0.25, 0.3) is 11.3 Å². The van der Waals surface area contributed by atoms with Gasteiger partial charge in [-0.15, -0.1) is 0 Å². The Kier molecular flexibility index (Phi) is 3.82. The summed E-state index contributed by atoms with van der Waals surface area (Å²) in [6.07, 6.45) is 2.28. The zero-order valence-electron chi connectivity index (χ0n) is 9.95. The summed E-state index contributed by atoms with van der Waals surface area (Å²) >= 11 is 0. The molecule has 1 heterocycles. The van der Waals surface area contributed by atoms with E-state index in [0.29, 0.717) is 11.5 Å². The molecule has 0 radical (unpaired) electrons. The smallest absolute Gasteiger partial charge is 0.132 e. The normalized spacial score (nSPS) is 10.4. The molecule has 0 saturated heterocycles. The average molecular weight is 249 g/mol. The van der Waals surface area contributed by atoms with Crippen LogP contribution in [-0.2, 0) is 0 Å². The van der Waals surface area contributed by atoms with Gasteiger partial charge in [0, 0.05) is 18.2 Å². The van der Waals surface area contributed by atoms with Gasteiger partial charge >= 0.3 is 0 Å². The number of hydrogen-bond donors (Lipinski definition) is 1. The Balaban J connectivity index is 2.35. The summed E-state index contributed by atoms with van der Waals surface area (Å²) < 4.78 is 26.7. The molecule has 0 unspecified atom stereocenters. The van der Waals surface area contributed by atoms with E-state index in [-0.39, 0.29) is 5.56 Å². The Morgan fingerprint density at radius 3 is 2.78 bits per heavy atom. The summed E-state index contributed by atoms with van der Waals surface area (Å²) in [5.74, 6) is -0.393. The first-order valence-electron chi connectivity index (χ1n) is 5.72. The van der Waals surface area contributed by atoms with Gasteiger partial charge in [-0.2, -0.15) is 0 Å². The fourth-order valence-electron chi connectivity index (χ4n) is 1.55. The largest absolute Gasteiger partial charge is 0.370 e. The molecule has 3 nitrogen and oxygen atoms in total. The molecular weight excluding hydrogens is 236 g/mol. The van der Waals surface area contributed by atoms with E-state index in [2.05, 4.69) is 15.3 Å². The molecule has 0 aliphatic rings. The van der Waals surface area contributed by atoms with Crippen LogP contribution in [0.4, 0.5) is 14.6 Å². The van der Waals surface area contributed by atoms with Crippen LogP contribution in [0, 0.1) is 11.6 Å². The van der Waals surface area contributed by atoms with Crippen LogP contribution in [0.3, 0.4) is 0 Å². The van der Waals surface area contributed by atoms with Gasteiger partial charge in [-0.3, -0.25) is 0 Å². The molecule has 0 amide bonds. The van der Waals surface area contributed by atoms with Crippen molar-refractivity contribution in [3.05, 3.63) is 42.2 Å². The molecule has 0 spiro atoms. The Bertz CT molecular complexity index is 544. The summed E-state index contributed by atoms with van der Waals surface area (Å²) in [5, 5.41) is 3.07. The van der Waals surface area contributed by atoms with Crippen LogP contribution in [0.1, 0.15) is 13.3 Å². The van der Waals surface area contributed by atoms with Crippen molar-refractivity contribution in [2.45, 2.75) is 13.3 Å². The number of rotatable bonds is 4. The number of hydrogen-bond acceptors (Lipinski definition) is 3. The third-order valence-electron chi connectivity index (χ3n) is 2.43. The number of nitrogens with one attached hydrogen (secondary N) is 1. The number of benzene rings is 1. The minimum absolute atomic E-state index is 0.136. The molecule has 94 valence electrons. The Labute approximate surface area is 104 Å². The van der Waals surface area contributed by atoms with Crippen molar-refractivity contribution in [1.82, 2.24) is 9.97 Å². The van der Waals surface area contributed by atoms with Crippen molar-refractivity contribution < 1.29 is 8.78 Å². The highest BCUT2D eigenvalue weighted by atomic mass is 19.1. The predicted molar refractivity (Wildman–Crippen MR) is 66.2 cm³/mol. The second-order valence-corrected chi connectivity index (χ2v) is 3.84. The first-order valence-corrected chi connectivity index (χ1v) is 5.72. The van der Waals surface area contributed by atoms with Gasteiger partial charge in [-0.05, 0) is 24.6 Å². The van der Waals surface area contributed by atoms with Crippen LogP contribution >= 0.6 is 0 Å². The van der Waals surface area contributed by atoms with E-state index in [1.807, 2.05) is 6.92 Å². The first kappa shape index (κ1) is 12.4. The topological polar surface area (TPSA) is 37.8 Å². The zero-order chi connectivity index (χ0) is 13.0. The Hall–Kier alpha value is -2.04. The van der Waals surface area contributed by atoms with E-state index in [4.69, 9.17) is 0 Å². The summed E-state index contributed by atoms with van der Waals surface area (Å²) in [4.78, 5) is 7.98. The third kappa shape index (κ3) is 2.80. The van der Waals surface area contributed by atoms with E-state index in [1.165, 1.54) is 6.33 Å². The number of anilines is 1. The highest BCUT2D eigenvalue weighted by Gasteiger charge is 2.08. The van der Waals surface area contributed by atoms with E-state index in [9.17, 15) is 8.78 Å². The lowest BCUT2D eigenvalue weighted by molar-refractivity contribution is 0.602. The van der Waals surface area contributed by atoms with E-state index in [0.717, 1.165) is 31.2 Å². The van der Waals surface area contributed by atoms with Gasteiger partial charge in [0.25, 0.3) is 0 Å². The quantitative estimate of drug-likeness (QED) is 0.903. The molecule has 0 fully saturated rings. The van der Waals surface area contributed by atoms with Gasteiger partial charge in [0.15, 0.2) is 0 Å². The van der Waals surface area contributed by atoms with Gasteiger partial charge in [-0.25, -0.2) is 18.7 Å². The minimum Gasteiger partial charge on any atom is -0.370 e. The lowest BCUT2D eigenvalue weighted by Crippen LogP contribution is -2.02. The van der Waals surface area contributed by atoms with Gasteiger partial charge in [0.05, 0.1) is 5.69 Å². The van der Waals surface area contributed by atoms with Crippen molar-refractivity contribution in [3.8, 4) is 11.3 Å². The molecule has 0 aliphatic carbocycles. The molecule has 0 atom stereocenters. The number of halogens is 2.